The second kappa shape index (κ2) is 2.95. The lowest BCUT2D eigenvalue weighted by molar-refractivity contribution is 0.377. The predicted octanol–water partition coefficient (Wildman–Crippen LogP) is 1.96. The molecule has 0 amide bonds. The summed E-state index contributed by atoms with van der Waals surface area (Å²) < 4.78 is 10.2. The maximum Gasteiger partial charge on any atom is 0.238 e. The van der Waals surface area contributed by atoms with E-state index in [9.17, 15) is 0 Å². The van der Waals surface area contributed by atoms with E-state index < -0.39 is 0 Å². The molecule has 1 aliphatic carbocycles. The molecule has 5 heteroatoms. The zero-order valence-corrected chi connectivity index (χ0v) is 7.75. The Morgan fingerprint density at radius 2 is 2.47 bits per heavy atom. The van der Waals surface area contributed by atoms with Gasteiger partial charge < -0.3 is 8.94 Å². The number of rotatable bonds is 2. The Labute approximate surface area is 85.3 Å². The minimum atomic E-state index is 0.0369. The van der Waals surface area contributed by atoms with Gasteiger partial charge in [-0.15, -0.1) is 0 Å². The summed E-state index contributed by atoms with van der Waals surface area (Å²) in [6.45, 7) is 0. The molecule has 1 fully saturated rings. The summed E-state index contributed by atoms with van der Waals surface area (Å²) in [4.78, 5) is 4.19. The van der Waals surface area contributed by atoms with Crippen LogP contribution in [0.15, 0.2) is 27.3 Å². The molecule has 0 saturated heterocycles. The molecule has 0 N–H and O–H groups in total. The van der Waals surface area contributed by atoms with Gasteiger partial charge in [0.05, 0.1) is 24.2 Å². The van der Waals surface area contributed by atoms with Gasteiger partial charge in [0.25, 0.3) is 0 Å². The van der Waals surface area contributed by atoms with Gasteiger partial charge in [0.15, 0.2) is 5.76 Å². The average molecular weight is 201 g/mol. The molecule has 15 heavy (non-hydrogen) atoms. The Balaban J connectivity index is 1.87. The van der Waals surface area contributed by atoms with E-state index in [1.54, 1.807) is 18.4 Å². The zero-order chi connectivity index (χ0) is 10.3. The van der Waals surface area contributed by atoms with Crippen molar-refractivity contribution >= 4 is 0 Å². The highest BCUT2D eigenvalue weighted by molar-refractivity contribution is 5.45. The van der Waals surface area contributed by atoms with Crippen LogP contribution >= 0.6 is 0 Å². The van der Waals surface area contributed by atoms with Crippen molar-refractivity contribution in [2.75, 3.05) is 0 Å². The van der Waals surface area contributed by atoms with Crippen molar-refractivity contribution in [1.29, 1.82) is 5.26 Å². The first kappa shape index (κ1) is 8.24. The molecular formula is C10H7N3O2. The highest BCUT2D eigenvalue weighted by Gasteiger charge is 2.43. The summed E-state index contributed by atoms with van der Waals surface area (Å²) >= 11 is 0. The van der Waals surface area contributed by atoms with Crippen LogP contribution in [-0.4, -0.2) is 10.1 Å². The standard InChI is InChI=1S/C10H7N3O2/c11-5-6-4-7(6)10-12-9(13-15-10)8-2-1-3-14-8/h1-3,6-7H,4H2. The minimum absolute atomic E-state index is 0.0369. The molecule has 2 unspecified atom stereocenters. The van der Waals surface area contributed by atoms with Crippen LogP contribution in [0.5, 0.6) is 0 Å². The molecule has 0 spiro atoms. The van der Waals surface area contributed by atoms with Crippen LogP contribution in [0.3, 0.4) is 0 Å². The Hall–Kier alpha value is -2.09. The SMILES string of the molecule is N#CC1CC1c1nc(-c2ccco2)no1. The molecule has 5 nitrogen and oxygen atoms in total. The fourth-order valence-electron chi connectivity index (χ4n) is 1.50. The normalized spacial score (nSPS) is 23.7. The van der Waals surface area contributed by atoms with Gasteiger partial charge in [0.1, 0.15) is 0 Å². The fraction of sp³-hybridized carbons (Fsp3) is 0.300. The van der Waals surface area contributed by atoms with Gasteiger partial charge >= 0.3 is 0 Å². The third kappa shape index (κ3) is 1.31. The third-order valence-electron chi connectivity index (χ3n) is 2.46. The molecule has 2 aromatic rings. The Bertz CT molecular complexity index is 509. The number of hydrogen-bond donors (Lipinski definition) is 0. The van der Waals surface area contributed by atoms with Crippen molar-refractivity contribution in [3.8, 4) is 17.7 Å². The van der Waals surface area contributed by atoms with Gasteiger partial charge in [-0.3, -0.25) is 0 Å². The lowest BCUT2D eigenvalue weighted by Gasteiger charge is -1.83. The molecule has 2 atom stereocenters. The lowest BCUT2D eigenvalue weighted by atomic mass is 10.3. The van der Waals surface area contributed by atoms with E-state index in [0.717, 1.165) is 6.42 Å². The number of aromatic nitrogens is 2. The van der Waals surface area contributed by atoms with Crippen molar-refractivity contribution < 1.29 is 8.94 Å². The highest BCUT2D eigenvalue weighted by atomic mass is 16.5. The van der Waals surface area contributed by atoms with E-state index >= 15 is 0 Å². The van der Waals surface area contributed by atoms with Crippen molar-refractivity contribution in [1.82, 2.24) is 10.1 Å². The Morgan fingerprint density at radius 1 is 1.53 bits per heavy atom. The minimum Gasteiger partial charge on any atom is -0.461 e. The number of hydrogen-bond acceptors (Lipinski definition) is 5. The lowest BCUT2D eigenvalue weighted by Crippen LogP contribution is -1.81. The van der Waals surface area contributed by atoms with E-state index in [4.69, 9.17) is 14.2 Å². The molecule has 1 aliphatic rings. The van der Waals surface area contributed by atoms with E-state index in [-0.39, 0.29) is 11.8 Å². The molecule has 1 saturated carbocycles. The summed E-state index contributed by atoms with van der Waals surface area (Å²) in [7, 11) is 0. The first-order chi connectivity index (χ1) is 7.38. The quantitative estimate of drug-likeness (QED) is 0.742. The van der Waals surface area contributed by atoms with Crippen molar-refractivity contribution in [2.24, 2.45) is 5.92 Å². The molecule has 0 bridgehead atoms. The average Bonchev–Trinajstić information content (AvgIpc) is 2.73. The highest BCUT2D eigenvalue weighted by Crippen LogP contribution is 2.46. The van der Waals surface area contributed by atoms with Crippen LogP contribution in [0, 0.1) is 17.2 Å². The van der Waals surface area contributed by atoms with Crippen LogP contribution in [0.25, 0.3) is 11.6 Å². The first-order valence-corrected chi connectivity index (χ1v) is 4.65. The van der Waals surface area contributed by atoms with Gasteiger partial charge in [0.2, 0.25) is 11.7 Å². The summed E-state index contributed by atoms with van der Waals surface area (Å²) in [5.41, 5.74) is 0. The predicted molar refractivity (Wildman–Crippen MR) is 48.5 cm³/mol. The summed E-state index contributed by atoms with van der Waals surface area (Å²) in [5, 5.41) is 12.5. The van der Waals surface area contributed by atoms with E-state index in [1.807, 2.05) is 0 Å². The second-order valence-corrected chi connectivity index (χ2v) is 3.51. The number of nitrogens with zero attached hydrogens (tertiary/aromatic N) is 3. The molecule has 0 aromatic carbocycles. The van der Waals surface area contributed by atoms with Gasteiger partial charge in [-0.25, -0.2) is 0 Å². The molecule has 0 aliphatic heterocycles. The van der Waals surface area contributed by atoms with E-state index in [2.05, 4.69) is 16.2 Å². The Morgan fingerprint density at radius 3 is 3.13 bits per heavy atom. The number of furan rings is 1. The molecule has 74 valence electrons. The van der Waals surface area contributed by atoms with Crippen LogP contribution in [0.2, 0.25) is 0 Å². The van der Waals surface area contributed by atoms with Crippen LogP contribution in [0.4, 0.5) is 0 Å². The van der Waals surface area contributed by atoms with Gasteiger partial charge in [-0.05, 0) is 18.6 Å². The van der Waals surface area contributed by atoms with E-state index in [0.29, 0.717) is 17.5 Å². The summed E-state index contributed by atoms with van der Waals surface area (Å²) in [5.74, 6) is 1.71. The fourth-order valence-corrected chi connectivity index (χ4v) is 1.50. The number of nitriles is 1. The van der Waals surface area contributed by atoms with Gasteiger partial charge in [0, 0.05) is 0 Å². The monoisotopic (exact) mass is 201 g/mol. The smallest absolute Gasteiger partial charge is 0.238 e. The van der Waals surface area contributed by atoms with Crippen molar-refractivity contribution in [3.05, 3.63) is 24.3 Å². The Kier molecular flexibility index (Phi) is 1.62. The molecule has 2 aromatic heterocycles. The second-order valence-electron chi connectivity index (χ2n) is 3.51. The molecule has 2 heterocycles. The van der Waals surface area contributed by atoms with Crippen molar-refractivity contribution in [3.63, 3.8) is 0 Å². The molecule has 3 rings (SSSR count). The summed E-state index contributed by atoms with van der Waals surface area (Å²) in [6.07, 6.45) is 2.37. The first-order valence-electron chi connectivity index (χ1n) is 4.65. The zero-order valence-electron chi connectivity index (χ0n) is 7.75. The molecular weight excluding hydrogens is 194 g/mol. The van der Waals surface area contributed by atoms with Gasteiger partial charge in [-0.1, -0.05) is 5.16 Å². The van der Waals surface area contributed by atoms with Crippen molar-refractivity contribution in [2.45, 2.75) is 12.3 Å². The third-order valence-corrected chi connectivity index (χ3v) is 2.46. The maximum atomic E-state index is 8.67. The summed E-state index contributed by atoms with van der Waals surface area (Å²) in [6, 6.07) is 5.71. The largest absolute Gasteiger partial charge is 0.461 e. The van der Waals surface area contributed by atoms with Crippen LogP contribution in [0.1, 0.15) is 18.2 Å². The maximum absolute atomic E-state index is 8.67. The molecule has 0 radical (unpaired) electrons. The van der Waals surface area contributed by atoms with E-state index in [1.165, 1.54) is 0 Å². The van der Waals surface area contributed by atoms with Gasteiger partial charge in [-0.2, -0.15) is 10.2 Å². The topological polar surface area (TPSA) is 75.8 Å². The van der Waals surface area contributed by atoms with Crippen LogP contribution < -0.4 is 0 Å². The van der Waals surface area contributed by atoms with Crippen LogP contribution in [-0.2, 0) is 0 Å².